The van der Waals surface area contributed by atoms with Crippen molar-refractivity contribution in [2.75, 3.05) is 6.61 Å². The number of ether oxygens (including phenoxy) is 2. The van der Waals surface area contributed by atoms with E-state index in [1.54, 1.807) is 32.0 Å². The molecule has 0 aliphatic rings. The fourth-order valence-electron chi connectivity index (χ4n) is 1.54. The summed E-state index contributed by atoms with van der Waals surface area (Å²) in [6.07, 6.45) is -0.908. The van der Waals surface area contributed by atoms with Gasteiger partial charge in [0, 0.05) is 10.9 Å². The summed E-state index contributed by atoms with van der Waals surface area (Å²) in [5.74, 6) is -0.925. The standard InChI is InChI=1S/C15H19BrN2O5/c1-3-22-14(20)8-7-13(19)17-18-15(21)10(2)23-12-6-4-5-11(16)9-12/h4-6,9-10H,3,7-8H2,1-2H3,(H,17,19)(H,18,21)/t10-/m0/s1. The normalized spacial score (nSPS) is 11.3. The quantitative estimate of drug-likeness (QED) is 0.549. The van der Waals surface area contributed by atoms with Crippen molar-refractivity contribution in [2.24, 2.45) is 0 Å². The van der Waals surface area contributed by atoms with Crippen LogP contribution in [-0.4, -0.2) is 30.5 Å². The molecule has 2 amide bonds. The van der Waals surface area contributed by atoms with E-state index in [-0.39, 0.29) is 19.4 Å². The molecule has 0 saturated heterocycles. The molecule has 0 fully saturated rings. The van der Waals surface area contributed by atoms with Gasteiger partial charge in [-0.1, -0.05) is 22.0 Å². The number of hydrogen-bond donors (Lipinski definition) is 2. The molecule has 0 bridgehead atoms. The van der Waals surface area contributed by atoms with Crippen LogP contribution in [0.5, 0.6) is 5.75 Å². The van der Waals surface area contributed by atoms with E-state index in [1.165, 1.54) is 0 Å². The van der Waals surface area contributed by atoms with Gasteiger partial charge in [0.1, 0.15) is 5.75 Å². The Kier molecular flexibility index (Phi) is 8.10. The van der Waals surface area contributed by atoms with E-state index in [1.807, 2.05) is 6.07 Å². The molecule has 1 rings (SSSR count). The zero-order chi connectivity index (χ0) is 17.2. The number of hydrazine groups is 1. The van der Waals surface area contributed by atoms with E-state index in [2.05, 4.69) is 26.8 Å². The zero-order valence-electron chi connectivity index (χ0n) is 12.9. The number of carbonyl (C=O) groups is 3. The van der Waals surface area contributed by atoms with Crippen molar-refractivity contribution in [3.05, 3.63) is 28.7 Å². The van der Waals surface area contributed by atoms with Crippen molar-refractivity contribution in [3.8, 4) is 5.75 Å². The Morgan fingerprint density at radius 1 is 1.22 bits per heavy atom. The third-order valence-electron chi connectivity index (χ3n) is 2.66. The summed E-state index contributed by atoms with van der Waals surface area (Å²) in [6.45, 7) is 3.51. The van der Waals surface area contributed by atoms with Gasteiger partial charge in [-0.2, -0.15) is 0 Å². The largest absolute Gasteiger partial charge is 0.481 e. The van der Waals surface area contributed by atoms with Gasteiger partial charge in [0.25, 0.3) is 5.91 Å². The lowest BCUT2D eigenvalue weighted by molar-refractivity contribution is -0.144. The van der Waals surface area contributed by atoms with Crippen LogP contribution in [0.1, 0.15) is 26.7 Å². The number of amides is 2. The summed E-state index contributed by atoms with van der Waals surface area (Å²) in [7, 11) is 0. The van der Waals surface area contributed by atoms with Crippen molar-refractivity contribution in [2.45, 2.75) is 32.8 Å². The van der Waals surface area contributed by atoms with Crippen LogP contribution in [0.2, 0.25) is 0 Å². The predicted molar refractivity (Wildman–Crippen MR) is 86.4 cm³/mol. The number of halogens is 1. The third-order valence-corrected chi connectivity index (χ3v) is 3.16. The molecular formula is C15H19BrN2O5. The molecule has 126 valence electrons. The van der Waals surface area contributed by atoms with Gasteiger partial charge in [-0.25, -0.2) is 0 Å². The van der Waals surface area contributed by atoms with Crippen LogP contribution in [0.3, 0.4) is 0 Å². The minimum atomic E-state index is -0.797. The maximum Gasteiger partial charge on any atom is 0.306 e. The van der Waals surface area contributed by atoms with E-state index in [9.17, 15) is 14.4 Å². The van der Waals surface area contributed by atoms with Crippen LogP contribution in [0.25, 0.3) is 0 Å². The van der Waals surface area contributed by atoms with Crippen molar-refractivity contribution >= 4 is 33.7 Å². The highest BCUT2D eigenvalue weighted by Crippen LogP contribution is 2.18. The molecule has 7 nitrogen and oxygen atoms in total. The number of carbonyl (C=O) groups excluding carboxylic acids is 3. The topological polar surface area (TPSA) is 93.7 Å². The molecule has 0 radical (unpaired) electrons. The monoisotopic (exact) mass is 386 g/mol. The van der Waals surface area contributed by atoms with Crippen LogP contribution in [0, 0.1) is 0 Å². The number of rotatable bonds is 7. The third kappa shape index (κ3) is 7.64. The van der Waals surface area contributed by atoms with Gasteiger partial charge in [-0.15, -0.1) is 0 Å². The minimum Gasteiger partial charge on any atom is -0.481 e. The van der Waals surface area contributed by atoms with Crippen LogP contribution >= 0.6 is 15.9 Å². The van der Waals surface area contributed by atoms with Crippen molar-refractivity contribution in [3.63, 3.8) is 0 Å². The second-order valence-electron chi connectivity index (χ2n) is 4.56. The lowest BCUT2D eigenvalue weighted by atomic mass is 10.3. The van der Waals surface area contributed by atoms with Crippen molar-refractivity contribution in [1.29, 1.82) is 0 Å². The molecule has 1 aromatic rings. The van der Waals surface area contributed by atoms with Crippen molar-refractivity contribution < 1.29 is 23.9 Å². The van der Waals surface area contributed by atoms with E-state index >= 15 is 0 Å². The number of benzene rings is 1. The molecule has 0 aromatic heterocycles. The van der Waals surface area contributed by atoms with Gasteiger partial charge in [0.15, 0.2) is 6.10 Å². The molecule has 0 unspecified atom stereocenters. The Bertz CT molecular complexity index is 565. The maximum absolute atomic E-state index is 11.8. The minimum absolute atomic E-state index is 0.0420. The number of esters is 1. The van der Waals surface area contributed by atoms with Gasteiger partial charge in [0.2, 0.25) is 5.91 Å². The Labute approximate surface area is 142 Å². The SMILES string of the molecule is CCOC(=O)CCC(=O)NNC(=O)[C@H](C)Oc1cccc(Br)c1. The molecule has 8 heteroatoms. The first kappa shape index (κ1) is 19.0. The molecular weight excluding hydrogens is 368 g/mol. The maximum atomic E-state index is 11.8. The average molecular weight is 387 g/mol. The summed E-state index contributed by atoms with van der Waals surface area (Å²) in [4.78, 5) is 34.4. The summed E-state index contributed by atoms with van der Waals surface area (Å²) < 4.78 is 11.0. The molecule has 0 spiro atoms. The van der Waals surface area contributed by atoms with Crippen molar-refractivity contribution in [1.82, 2.24) is 10.9 Å². The fraction of sp³-hybridized carbons (Fsp3) is 0.400. The van der Waals surface area contributed by atoms with Crippen LogP contribution in [0.4, 0.5) is 0 Å². The summed E-state index contributed by atoms with van der Waals surface area (Å²) in [5.41, 5.74) is 4.47. The molecule has 0 heterocycles. The van der Waals surface area contributed by atoms with E-state index in [0.29, 0.717) is 5.75 Å². The number of hydrogen-bond acceptors (Lipinski definition) is 5. The van der Waals surface area contributed by atoms with E-state index < -0.39 is 23.9 Å². The Balaban J connectivity index is 2.32. The Morgan fingerprint density at radius 3 is 2.61 bits per heavy atom. The molecule has 1 aromatic carbocycles. The zero-order valence-corrected chi connectivity index (χ0v) is 14.5. The van der Waals surface area contributed by atoms with Gasteiger partial charge < -0.3 is 9.47 Å². The van der Waals surface area contributed by atoms with Gasteiger partial charge >= 0.3 is 5.97 Å². The van der Waals surface area contributed by atoms with Crippen LogP contribution in [-0.2, 0) is 19.1 Å². The highest BCUT2D eigenvalue weighted by Gasteiger charge is 2.16. The molecule has 2 N–H and O–H groups in total. The van der Waals surface area contributed by atoms with Gasteiger partial charge in [-0.3, -0.25) is 25.2 Å². The first-order chi connectivity index (χ1) is 10.9. The van der Waals surface area contributed by atoms with E-state index in [0.717, 1.165) is 4.47 Å². The molecule has 0 aliphatic heterocycles. The lowest BCUT2D eigenvalue weighted by Gasteiger charge is -2.15. The smallest absolute Gasteiger partial charge is 0.306 e. The second kappa shape index (κ2) is 9.83. The Morgan fingerprint density at radius 2 is 1.96 bits per heavy atom. The van der Waals surface area contributed by atoms with Crippen LogP contribution < -0.4 is 15.6 Å². The lowest BCUT2D eigenvalue weighted by Crippen LogP contribution is -2.47. The van der Waals surface area contributed by atoms with Gasteiger partial charge in [-0.05, 0) is 32.0 Å². The van der Waals surface area contributed by atoms with Crippen LogP contribution in [0.15, 0.2) is 28.7 Å². The molecule has 1 atom stereocenters. The summed E-state index contributed by atoms with van der Waals surface area (Å²) in [6, 6.07) is 7.05. The molecule has 0 saturated carbocycles. The van der Waals surface area contributed by atoms with E-state index in [4.69, 9.17) is 9.47 Å². The fourth-order valence-corrected chi connectivity index (χ4v) is 1.92. The average Bonchev–Trinajstić information content (AvgIpc) is 2.50. The molecule has 23 heavy (non-hydrogen) atoms. The summed E-state index contributed by atoms with van der Waals surface area (Å²) >= 11 is 3.30. The first-order valence-corrected chi connectivity index (χ1v) is 7.88. The summed E-state index contributed by atoms with van der Waals surface area (Å²) in [5, 5.41) is 0. The Hall–Kier alpha value is -2.09. The predicted octanol–water partition coefficient (Wildman–Crippen LogP) is 1.71. The number of nitrogens with one attached hydrogen (secondary N) is 2. The second-order valence-corrected chi connectivity index (χ2v) is 5.48. The first-order valence-electron chi connectivity index (χ1n) is 7.09. The molecule has 0 aliphatic carbocycles. The highest BCUT2D eigenvalue weighted by molar-refractivity contribution is 9.10. The van der Waals surface area contributed by atoms with Gasteiger partial charge in [0.05, 0.1) is 13.0 Å². The highest BCUT2D eigenvalue weighted by atomic mass is 79.9.